The lowest BCUT2D eigenvalue weighted by atomic mass is 9.56. The average molecular weight is 694 g/mol. The highest BCUT2D eigenvalue weighted by Gasteiger charge is 2.77. The van der Waals surface area contributed by atoms with Crippen LogP contribution in [-0.2, 0) is 19.2 Å². The van der Waals surface area contributed by atoms with Crippen molar-refractivity contribution in [2.45, 2.75) is 35.4 Å². The van der Waals surface area contributed by atoms with E-state index in [2.05, 4.69) is 0 Å². The normalized spacial score (nSPS) is 29.4. The van der Waals surface area contributed by atoms with Gasteiger partial charge in [0.1, 0.15) is 5.82 Å². The number of carboxylic acid groups (broad SMARTS) is 1. The predicted octanol–water partition coefficient (Wildman–Crippen LogP) is 5.40. The molecule has 0 radical (unpaired) electrons. The minimum Gasteiger partial charge on any atom is -0.504 e. The molecule has 10 nitrogen and oxygen atoms in total. The van der Waals surface area contributed by atoms with Crippen molar-refractivity contribution in [3.63, 3.8) is 0 Å². The van der Waals surface area contributed by atoms with E-state index < -0.39 is 68.8 Å². The van der Waals surface area contributed by atoms with Crippen LogP contribution in [0.15, 0.2) is 78.4 Å². The molecular weight excluding hydrogens is 666 g/mol. The smallest absolute Gasteiger partial charge is 0.335 e. The van der Waals surface area contributed by atoms with E-state index in [1.54, 1.807) is 19.1 Å². The first-order chi connectivity index (χ1) is 22.8. The number of nitrogens with zero attached hydrogens (tertiary/aromatic N) is 2. The van der Waals surface area contributed by atoms with E-state index in [1.165, 1.54) is 48.5 Å². The Hall–Kier alpha value is -4.74. The molecule has 3 aromatic rings. The molecule has 2 heterocycles. The van der Waals surface area contributed by atoms with Crippen LogP contribution >= 0.6 is 23.2 Å². The number of alkyl halides is 2. The Labute approximate surface area is 283 Å². The summed E-state index contributed by atoms with van der Waals surface area (Å²) in [5.41, 5.74) is 0.554. The van der Waals surface area contributed by atoms with Crippen LogP contribution in [0.3, 0.4) is 0 Å². The summed E-state index contributed by atoms with van der Waals surface area (Å²) in [6.07, 6.45) is 1.45. The largest absolute Gasteiger partial charge is 0.504 e. The van der Waals surface area contributed by atoms with Gasteiger partial charge in [0, 0.05) is 11.5 Å². The number of halogens is 3. The number of phenols is 1. The Morgan fingerprint density at radius 1 is 0.938 bits per heavy atom. The molecule has 13 heteroatoms. The van der Waals surface area contributed by atoms with Gasteiger partial charge in [-0.2, -0.15) is 0 Å². The van der Waals surface area contributed by atoms with Crippen molar-refractivity contribution in [1.82, 2.24) is 0 Å². The third-order valence-electron chi connectivity index (χ3n) is 9.89. The second kappa shape index (κ2) is 11.2. The molecule has 3 aromatic carbocycles. The van der Waals surface area contributed by atoms with Gasteiger partial charge in [0.25, 0.3) is 11.8 Å². The number of aromatic hydroxyl groups is 1. The summed E-state index contributed by atoms with van der Waals surface area (Å²) >= 11 is 14.7. The van der Waals surface area contributed by atoms with E-state index in [9.17, 15) is 38.6 Å². The van der Waals surface area contributed by atoms with E-state index in [0.29, 0.717) is 5.57 Å². The van der Waals surface area contributed by atoms with Crippen molar-refractivity contribution in [2.24, 2.45) is 17.8 Å². The number of hydrogen-bond acceptors (Lipinski definition) is 7. The number of aromatic carboxylic acids is 1. The number of para-hydroxylation sites is 1. The van der Waals surface area contributed by atoms with Crippen LogP contribution in [-0.4, -0.2) is 56.2 Å². The summed E-state index contributed by atoms with van der Waals surface area (Å²) < 4.78 is 19.5. The van der Waals surface area contributed by atoms with Crippen LogP contribution in [0.2, 0.25) is 0 Å². The minimum atomic E-state index is -2.24. The summed E-state index contributed by atoms with van der Waals surface area (Å²) in [5.74, 6) is -9.15. The fourth-order valence-corrected chi connectivity index (χ4v) is 8.75. The molecule has 0 bridgehead atoms. The molecule has 3 fully saturated rings. The van der Waals surface area contributed by atoms with Gasteiger partial charge in [-0.3, -0.25) is 24.1 Å². The quantitative estimate of drug-likeness (QED) is 0.199. The summed E-state index contributed by atoms with van der Waals surface area (Å²) in [6, 6.07) is 14.8. The predicted molar refractivity (Wildman–Crippen MR) is 172 cm³/mol. The van der Waals surface area contributed by atoms with Crippen LogP contribution in [0.1, 0.15) is 41.6 Å². The second-order valence-corrected chi connectivity index (χ2v) is 13.5. The molecule has 48 heavy (non-hydrogen) atoms. The monoisotopic (exact) mass is 692 g/mol. The van der Waals surface area contributed by atoms with E-state index in [-0.39, 0.29) is 53.4 Å². The third kappa shape index (κ3) is 4.26. The first-order valence-electron chi connectivity index (χ1n) is 15.2. The maximum atomic E-state index is 14.5. The molecule has 2 aliphatic carbocycles. The van der Waals surface area contributed by atoms with Crippen LogP contribution in [0.25, 0.3) is 0 Å². The summed E-state index contributed by atoms with van der Waals surface area (Å²) in [7, 11) is 0. The van der Waals surface area contributed by atoms with Gasteiger partial charge >= 0.3 is 5.97 Å². The highest BCUT2D eigenvalue weighted by Crippen LogP contribution is 2.66. The van der Waals surface area contributed by atoms with Crippen LogP contribution in [0, 0.1) is 23.6 Å². The Kier molecular flexibility index (Phi) is 7.41. The molecule has 7 rings (SSSR count). The molecular formula is C35H27Cl2FN2O8. The molecule has 1 saturated carbocycles. The van der Waals surface area contributed by atoms with Gasteiger partial charge < -0.3 is 14.9 Å². The standard InChI is InChI=1S/C35H27Cl2FN2O8/c1-2-48-25-8-4-7-23(28(25)41)27-21-13-14-22-26(30(43)39(29(22)42)20-6-3-5-17(15-20)31(44)45)24(21)16-34(36)32(46)40(33(47)35(27,34)37)19-11-9-18(38)10-12-19/h3-13,15,22,24,26-27,41H,2,14,16H2,1H3,(H,44,45). The maximum absolute atomic E-state index is 14.5. The molecule has 0 aromatic heterocycles. The van der Waals surface area contributed by atoms with Crippen molar-refractivity contribution in [3.8, 4) is 11.5 Å². The number of carbonyl (C=O) groups is 5. The van der Waals surface area contributed by atoms with Crippen LogP contribution in [0.4, 0.5) is 15.8 Å². The molecule has 4 amide bonds. The number of imide groups is 2. The van der Waals surface area contributed by atoms with Crippen molar-refractivity contribution in [2.75, 3.05) is 16.4 Å². The molecule has 2 saturated heterocycles. The zero-order valence-electron chi connectivity index (χ0n) is 25.2. The molecule has 0 spiro atoms. The number of allylic oxidation sites excluding steroid dienone is 2. The number of benzene rings is 3. The molecule has 6 unspecified atom stereocenters. The molecule has 4 aliphatic rings. The molecule has 2 aliphatic heterocycles. The third-order valence-corrected chi connectivity index (χ3v) is 11.3. The van der Waals surface area contributed by atoms with Crippen LogP contribution < -0.4 is 14.5 Å². The Morgan fingerprint density at radius 2 is 1.65 bits per heavy atom. The average Bonchev–Trinajstić information content (AvgIpc) is 3.40. The number of carboxylic acids is 1. The molecule has 2 N–H and O–H groups in total. The minimum absolute atomic E-state index is 0.0262. The van der Waals surface area contributed by atoms with Gasteiger partial charge in [0.15, 0.2) is 21.2 Å². The van der Waals surface area contributed by atoms with Crippen LogP contribution in [0.5, 0.6) is 11.5 Å². The highest BCUT2D eigenvalue weighted by molar-refractivity contribution is 6.58. The lowest BCUT2D eigenvalue weighted by molar-refractivity contribution is -0.125. The van der Waals surface area contributed by atoms with E-state index in [1.807, 2.05) is 0 Å². The fraction of sp³-hybridized carbons (Fsp3) is 0.286. The van der Waals surface area contributed by atoms with Gasteiger partial charge in [0.2, 0.25) is 11.8 Å². The van der Waals surface area contributed by atoms with Crippen molar-refractivity contribution in [1.29, 1.82) is 0 Å². The lowest BCUT2D eigenvalue weighted by Crippen LogP contribution is -2.60. The Balaban J connectivity index is 1.40. The summed E-state index contributed by atoms with van der Waals surface area (Å²) in [6.45, 7) is 1.92. The lowest BCUT2D eigenvalue weighted by Gasteiger charge is -2.50. The number of fused-ring (bicyclic) bond motifs is 4. The van der Waals surface area contributed by atoms with Crippen molar-refractivity contribution < 1.29 is 43.3 Å². The first kappa shape index (κ1) is 31.8. The van der Waals surface area contributed by atoms with Crippen molar-refractivity contribution in [3.05, 3.63) is 95.3 Å². The second-order valence-electron chi connectivity index (χ2n) is 12.2. The zero-order valence-corrected chi connectivity index (χ0v) is 26.7. The van der Waals surface area contributed by atoms with E-state index in [4.69, 9.17) is 27.9 Å². The number of amides is 4. The van der Waals surface area contributed by atoms with E-state index >= 15 is 0 Å². The first-order valence-corrected chi connectivity index (χ1v) is 16.0. The van der Waals surface area contributed by atoms with Gasteiger partial charge in [-0.05, 0) is 74.2 Å². The molecule has 246 valence electrons. The number of hydrogen-bond donors (Lipinski definition) is 2. The van der Waals surface area contributed by atoms with Gasteiger partial charge in [0.05, 0.1) is 35.4 Å². The SMILES string of the molecule is CCOc1cccc(C2C3=CCC4C(=O)N(c5cccc(C(=O)O)c5)C(=O)C4C3CC3(Cl)C(=O)N(c4ccc(F)cc4)C(=O)C23Cl)c1O. The summed E-state index contributed by atoms with van der Waals surface area (Å²) in [5, 5.41) is 21.0. The molecule has 6 atom stereocenters. The highest BCUT2D eigenvalue weighted by atomic mass is 35.5. The Morgan fingerprint density at radius 3 is 2.33 bits per heavy atom. The fourth-order valence-electron chi connectivity index (χ4n) is 7.82. The Bertz CT molecular complexity index is 1970. The van der Waals surface area contributed by atoms with Gasteiger partial charge in [-0.25, -0.2) is 14.1 Å². The van der Waals surface area contributed by atoms with Crippen molar-refractivity contribution >= 4 is 64.2 Å². The number of phenolic OH excluding ortho intramolecular Hbond substituents is 1. The van der Waals surface area contributed by atoms with Gasteiger partial charge in [-0.15, -0.1) is 23.2 Å². The topological polar surface area (TPSA) is 142 Å². The number of ether oxygens (including phenoxy) is 1. The van der Waals surface area contributed by atoms with E-state index in [0.717, 1.165) is 21.9 Å². The zero-order chi connectivity index (χ0) is 34.3. The maximum Gasteiger partial charge on any atom is 0.335 e. The number of rotatable bonds is 6. The number of carbonyl (C=O) groups excluding carboxylic acids is 4. The number of anilines is 2. The summed E-state index contributed by atoms with van der Waals surface area (Å²) in [4.78, 5) is 65.9. The van der Waals surface area contributed by atoms with Gasteiger partial charge in [-0.1, -0.05) is 29.8 Å².